The standard InChI is InChI=1S/C16H27NO2S/c1-5-13(4)10-20(18)11-16(17)14-6-8-15(9-7-14)19-12(2)3/h6-9,12-13,16H,5,10-11,17H2,1-4H3. The fourth-order valence-electron chi connectivity index (χ4n) is 1.87. The van der Waals surface area contributed by atoms with Crippen molar-refractivity contribution in [2.45, 2.75) is 46.3 Å². The van der Waals surface area contributed by atoms with Crippen LogP contribution in [-0.2, 0) is 10.8 Å². The van der Waals surface area contributed by atoms with Gasteiger partial charge < -0.3 is 10.5 Å². The SMILES string of the molecule is CCC(C)CS(=O)CC(N)c1ccc(OC(C)C)cc1. The molecule has 3 atom stereocenters. The Labute approximate surface area is 125 Å². The molecule has 0 heterocycles. The molecule has 3 unspecified atom stereocenters. The second-order valence-electron chi connectivity index (χ2n) is 5.63. The highest BCUT2D eigenvalue weighted by Crippen LogP contribution is 2.18. The van der Waals surface area contributed by atoms with Crippen LogP contribution in [0, 0.1) is 5.92 Å². The van der Waals surface area contributed by atoms with E-state index in [1.54, 1.807) is 0 Å². The summed E-state index contributed by atoms with van der Waals surface area (Å²) in [6.45, 7) is 8.24. The maximum absolute atomic E-state index is 12.0. The molecule has 2 N–H and O–H groups in total. The molecular formula is C16H27NO2S. The number of rotatable bonds is 8. The van der Waals surface area contributed by atoms with E-state index in [2.05, 4.69) is 13.8 Å². The quantitative estimate of drug-likeness (QED) is 0.801. The molecule has 0 aliphatic carbocycles. The van der Waals surface area contributed by atoms with Crippen LogP contribution in [-0.4, -0.2) is 21.8 Å². The predicted octanol–water partition coefficient (Wildman–Crippen LogP) is 3.27. The van der Waals surface area contributed by atoms with Gasteiger partial charge in [0.15, 0.2) is 0 Å². The Morgan fingerprint density at radius 3 is 2.25 bits per heavy atom. The average Bonchev–Trinajstić information content (AvgIpc) is 2.38. The van der Waals surface area contributed by atoms with Gasteiger partial charge in [0, 0.05) is 28.3 Å². The maximum Gasteiger partial charge on any atom is 0.119 e. The van der Waals surface area contributed by atoms with E-state index in [1.165, 1.54) is 0 Å². The molecule has 1 rings (SSSR count). The minimum atomic E-state index is -0.851. The van der Waals surface area contributed by atoms with E-state index in [9.17, 15) is 4.21 Å². The summed E-state index contributed by atoms with van der Waals surface area (Å²) in [6, 6.07) is 7.60. The fourth-order valence-corrected chi connectivity index (χ4v) is 3.46. The lowest BCUT2D eigenvalue weighted by atomic mass is 10.1. The van der Waals surface area contributed by atoms with Crippen molar-refractivity contribution in [1.82, 2.24) is 0 Å². The van der Waals surface area contributed by atoms with Gasteiger partial charge in [0.2, 0.25) is 0 Å². The molecule has 0 aliphatic rings. The third-order valence-corrected chi connectivity index (χ3v) is 4.88. The summed E-state index contributed by atoms with van der Waals surface area (Å²) >= 11 is 0. The van der Waals surface area contributed by atoms with Gasteiger partial charge in [-0.2, -0.15) is 0 Å². The second-order valence-corrected chi connectivity index (χ2v) is 7.18. The van der Waals surface area contributed by atoms with Gasteiger partial charge in [-0.3, -0.25) is 4.21 Å². The number of nitrogens with two attached hydrogens (primary N) is 1. The van der Waals surface area contributed by atoms with Crippen LogP contribution in [0.15, 0.2) is 24.3 Å². The fraction of sp³-hybridized carbons (Fsp3) is 0.625. The Morgan fingerprint density at radius 1 is 1.15 bits per heavy atom. The molecule has 0 fully saturated rings. The molecule has 0 aliphatic heterocycles. The zero-order valence-electron chi connectivity index (χ0n) is 13.0. The van der Waals surface area contributed by atoms with Gasteiger partial charge in [0.05, 0.1) is 6.10 Å². The molecule has 0 radical (unpaired) electrons. The van der Waals surface area contributed by atoms with Crippen LogP contribution in [0.1, 0.15) is 45.7 Å². The Kier molecular flexibility index (Phi) is 7.24. The van der Waals surface area contributed by atoms with Crippen LogP contribution in [0.2, 0.25) is 0 Å². The van der Waals surface area contributed by atoms with Gasteiger partial charge >= 0.3 is 0 Å². The number of ether oxygens (including phenoxy) is 1. The van der Waals surface area contributed by atoms with Gasteiger partial charge in [-0.05, 0) is 37.5 Å². The number of benzene rings is 1. The molecule has 20 heavy (non-hydrogen) atoms. The van der Waals surface area contributed by atoms with Crippen molar-refractivity contribution in [3.8, 4) is 5.75 Å². The van der Waals surface area contributed by atoms with Crippen molar-refractivity contribution in [1.29, 1.82) is 0 Å². The first-order chi connectivity index (χ1) is 9.42. The van der Waals surface area contributed by atoms with Gasteiger partial charge in [-0.25, -0.2) is 0 Å². The molecule has 0 bridgehead atoms. The summed E-state index contributed by atoms with van der Waals surface area (Å²) in [4.78, 5) is 0. The highest BCUT2D eigenvalue weighted by atomic mass is 32.2. The van der Waals surface area contributed by atoms with Crippen molar-refractivity contribution in [2.24, 2.45) is 11.7 Å². The van der Waals surface area contributed by atoms with E-state index in [4.69, 9.17) is 10.5 Å². The first-order valence-corrected chi connectivity index (χ1v) is 8.78. The van der Waals surface area contributed by atoms with Crippen molar-refractivity contribution < 1.29 is 8.95 Å². The summed E-state index contributed by atoms with van der Waals surface area (Å²) < 4.78 is 17.6. The normalized spacial score (nSPS) is 15.9. The van der Waals surface area contributed by atoms with Crippen molar-refractivity contribution in [2.75, 3.05) is 11.5 Å². The second kappa shape index (κ2) is 8.42. The Balaban J connectivity index is 2.54. The summed E-state index contributed by atoms with van der Waals surface area (Å²) in [7, 11) is -0.851. The van der Waals surface area contributed by atoms with Gasteiger partial charge in [-0.1, -0.05) is 32.4 Å². The summed E-state index contributed by atoms with van der Waals surface area (Å²) in [5, 5.41) is 0. The zero-order valence-corrected chi connectivity index (χ0v) is 13.8. The predicted molar refractivity (Wildman–Crippen MR) is 86.5 cm³/mol. The molecule has 4 heteroatoms. The molecule has 0 saturated heterocycles. The molecule has 0 aromatic heterocycles. The summed E-state index contributed by atoms with van der Waals surface area (Å²) in [5.41, 5.74) is 7.14. The zero-order chi connectivity index (χ0) is 15.1. The van der Waals surface area contributed by atoms with Crippen LogP contribution >= 0.6 is 0 Å². The van der Waals surface area contributed by atoms with Crippen LogP contribution in [0.5, 0.6) is 5.75 Å². The van der Waals surface area contributed by atoms with E-state index < -0.39 is 10.8 Å². The molecule has 1 aromatic carbocycles. The molecule has 1 aromatic rings. The Bertz CT molecular complexity index is 417. The van der Waals surface area contributed by atoms with Crippen LogP contribution in [0.25, 0.3) is 0 Å². The van der Waals surface area contributed by atoms with Gasteiger partial charge in [0.1, 0.15) is 5.75 Å². The van der Waals surface area contributed by atoms with Crippen LogP contribution in [0.4, 0.5) is 0 Å². The monoisotopic (exact) mass is 297 g/mol. The van der Waals surface area contributed by atoms with Crippen molar-refractivity contribution in [3.63, 3.8) is 0 Å². The molecule has 114 valence electrons. The molecule has 0 spiro atoms. The van der Waals surface area contributed by atoms with E-state index >= 15 is 0 Å². The van der Waals surface area contributed by atoms with Crippen LogP contribution < -0.4 is 10.5 Å². The molecule has 0 saturated carbocycles. The lowest BCUT2D eigenvalue weighted by Gasteiger charge is -2.15. The molecule has 0 amide bonds. The minimum absolute atomic E-state index is 0.164. The van der Waals surface area contributed by atoms with Gasteiger partial charge in [-0.15, -0.1) is 0 Å². The first kappa shape index (κ1) is 17.2. The highest BCUT2D eigenvalue weighted by Gasteiger charge is 2.13. The average molecular weight is 297 g/mol. The Hall–Kier alpha value is -0.870. The topological polar surface area (TPSA) is 52.3 Å². The van der Waals surface area contributed by atoms with E-state index in [1.807, 2.05) is 38.1 Å². The highest BCUT2D eigenvalue weighted by molar-refractivity contribution is 7.85. The van der Waals surface area contributed by atoms with Crippen molar-refractivity contribution in [3.05, 3.63) is 29.8 Å². The van der Waals surface area contributed by atoms with E-state index in [0.29, 0.717) is 11.7 Å². The summed E-state index contributed by atoms with van der Waals surface area (Å²) in [6.07, 6.45) is 1.22. The number of hydrogen-bond acceptors (Lipinski definition) is 3. The molecule has 3 nitrogen and oxygen atoms in total. The third kappa shape index (κ3) is 6.06. The Morgan fingerprint density at radius 2 is 1.75 bits per heavy atom. The first-order valence-electron chi connectivity index (χ1n) is 7.29. The molecular weight excluding hydrogens is 270 g/mol. The smallest absolute Gasteiger partial charge is 0.119 e. The van der Waals surface area contributed by atoms with Crippen molar-refractivity contribution >= 4 is 10.8 Å². The summed E-state index contributed by atoms with van der Waals surface area (Å²) in [5.74, 6) is 2.59. The minimum Gasteiger partial charge on any atom is -0.491 e. The third-order valence-electron chi connectivity index (χ3n) is 3.21. The largest absolute Gasteiger partial charge is 0.491 e. The van der Waals surface area contributed by atoms with Gasteiger partial charge in [0.25, 0.3) is 0 Å². The number of hydrogen-bond donors (Lipinski definition) is 1. The van der Waals surface area contributed by atoms with E-state index in [0.717, 1.165) is 23.5 Å². The van der Waals surface area contributed by atoms with Crippen LogP contribution in [0.3, 0.4) is 0 Å². The van der Waals surface area contributed by atoms with E-state index in [-0.39, 0.29) is 12.1 Å². The lowest BCUT2D eigenvalue weighted by molar-refractivity contribution is 0.242. The lowest BCUT2D eigenvalue weighted by Crippen LogP contribution is -2.21. The maximum atomic E-state index is 12.0.